The molecule has 0 radical (unpaired) electrons. The molecule has 0 saturated heterocycles. The molecule has 2 aromatic carbocycles. The minimum Gasteiger partial charge on any atom is -0.465 e. The zero-order valence-corrected chi connectivity index (χ0v) is 14.9. The van der Waals surface area contributed by atoms with Crippen LogP contribution in [0.15, 0.2) is 47.4 Å². The van der Waals surface area contributed by atoms with Crippen molar-refractivity contribution in [1.82, 2.24) is 4.72 Å². The highest BCUT2D eigenvalue weighted by Crippen LogP contribution is 2.33. The van der Waals surface area contributed by atoms with E-state index in [1.165, 1.54) is 24.3 Å². The average Bonchev–Trinajstić information content (AvgIpc) is 2.65. The normalized spacial score (nSPS) is 11.4. The molecule has 0 aliphatic carbocycles. The monoisotopic (exact) mass is 412 g/mol. The number of amides is 1. The summed E-state index contributed by atoms with van der Waals surface area (Å²) in [6.45, 7) is 0. The number of esters is 1. The summed E-state index contributed by atoms with van der Waals surface area (Å²) in [6, 6.07) is 7.95. The van der Waals surface area contributed by atoms with Crippen LogP contribution in [0.1, 0.15) is 31.8 Å². The first-order chi connectivity index (χ1) is 13.0. The fourth-order valence-electron chi connectivity index (χ4n) is 2.17. The van der Waals surface area contributed by atoms with Gasteiger partial charge >= 0.3 is 12.1 Å². The van der Waals surface area contributed by atoms with Gasteiger partial charge in [-0.15, -0.1) is 0 Å². The van der Waals surface area contributed by atoms with Gasteiger partial charge < -0.3 is 4.74 Å². The number of hydrogen-bond acceptors (Lipinski definition) is 6. The highest BCUT2D eigenvalue weighted by molar-refractivity contribution is 7.90. The molecule has 2 rings (SSSR count). The summed E-state index contributed by atoms with van der Waals surface area (Å²) in [4.78, 5) is 22.8. The van der Waals surface area contributed by atoms with E-state index >= 15 is 0 Å². The highest BCUT2D eigenvalue weighted by atomic mass is 32.2. The van der Waals surface area contributed by atoms with Crippen molar-refractivity contribution < 1.29 is 35.9 Å². The molecule has 2 aromatic rings. The zero-order valence-electron chi connectivity index (χ0n) is 14.1. The Morgan fingerprint density at radius 2 is 1.75 bits per heavy atom. The van der Waals surface area contributed by atoms with Crippen LogP contribution in [-0.4, -0.2) is 27.4 Å². The van der Waals surface area contributed by atoms with Gasteiger partial charge in [0.05, 0.1) is 34.8 Å². The fraction of sp³-hybridized carbons (Fsp3) is 0.118. The molecule has 0 heterocycles. The molecular formula is C17H11F3N2O5S. The number of ether oxygens (including phenoxy) is 1. The van der Waals surface area contributed by atoms with Crippen LogP contribution in [0, 0.1) is 11.3 Å². The maximum Gasteiger partial charge on any atom is 0.417 e. The number of alkyl halides is 3. The molecule has 0 aliphatic heterocycles. The molecule has 0 unspecified atom stereocenters. The molecule has 1 amide bonds. The Morgan fingerprint density at radius 1 is 1.11 bits per heavy atom. The topological polar surface area (TPSA) is 113 Å². The van der Waals surface area contributed by atoms with Gasteiger partial charge in [-0.3, -0.25) is 4.79 Å². The summed E-state index contributed by atoms with van der Waals surface area (Å²) >= 11 is 0. The van der Waals surface area contributed by atoms with Gasteiger partial charge in [-0.25, -0.2) is 17.9 Å². The minimum atomic E-state index is -4.96. The van der Waals surface area contributed by atoms with Crippen molar-refractivity contribution in [3.63, 3.8) is 0 Å². The van der Waals surface area contributed by atoms with E-state index in [0.717, 1.165) is 19.2 Å². The van der Waals surface area contributed by atoms with E-state index in [0.29, 0.717) is 6.07 Å². The lowest BCUT2D eigenvalue weighted by Crippen LogP contribution is -2.31. The number of carbonyl (C=O) groups is 2. The number of hydrogen-bond donors (Lipinski definition) is 1. The number of nitrogens with zero attached hydrogens (tertiary/aromatic N) is 1. The van der Waals surface area contributed by atoms with Crippen molar-refractivity contribution in [3.8, 4) is 6.07 Å². The molecule has 0 fully saturated rings. The van der Waals surface area contributed by atoms with E-state index in [1.54, 1.807) is 4.72 Å². The van der Waals surface area contributed by atoms with Crippen molar-refractivity contribution in [2.45, 2.75) is 11.1 Å². The van der Waals surface area contributed by atoms with Crippen LogP contribution in [0.4, 0.5) is 13.2 Å². The van der Waals surface area contributed by atoms with Gasteiger partial charge in [0.2, 0.25) is 0 Å². The number of halogens is 3. The molecule has 0 aliphatic rings. The van der Waals surface area contributed by atoms with Gasteiger partial charge in [0.25, 0.3) is 15.9 Å². The number of nitriles is 1. The van der Waals surface area contributed by atoms with E-state index in [1.807, 2.05) is 0 Å². The van der Waals surface area contributed by atoms with Crippen molar-refractivity contribution in [3.05, 3.63) is 64.7 Å². The molecule has 0 saturated carbocycles. The Labute approximate surface area is 157 Å². The van der Waals surface area contributed by atoms with Gasteiger partial charge in [-0.2, -0.15) is 18.4 Å². The molecule has 1 N–H and O–H groups in total. The molecule has 0 spiro atoms. The number of benzene rings is 2. The standard InChI is InChI=1S/C17H11F3N2O5S/c1-27-16(24)11-4-2-3-10(7-11)15(23)22-28(25,26)13-6-5-12(9-21)14(8-13)17(18,19)20/h2-8H,1H3,(H,22,23). The summed E-state index contributed by atoms with van der Waals surface area (Å²) < 4.78 is 69.7. The molecule has 11 heteroatoms. The van der Waals surface area contributed by atoms with E-state index in [4.69, 9.17) is 5.26 Å². The lowest BCUT2D eigenvalue weighted by atomic mass is 10.1. The zero-order chi connectivity index (χ0) is 21.1. The Hall–Kier alpha value is -3.39. The first kappa shape index (κ1) is 20.9. The Bertz CT molecular complexity index is 1090. The lowest BCUT2D eigenvalue weighted by Gasteiger charge is -2.12. The Kier molecular flexibility index (Phi) is 5.75. The largest absolute Gasteiger partial charge is 0.465 e. The van der Waals surface area contributed by atoms with Crippen LogP contribution < -0.4 is 4.72 Å². The average molecular weight is 412 g/mol. The molecular weight excluding hydrogens is 401 g/mol. The molecule has 0 bridgehead atoms. The van der Waals surface area contributed by atoms with Crippen molar-refractivity contribution >= 4 is 21.9 Å². The Morgan fingerprint density at radius 3 is 2.32 bits per heavy atom. The molecule has 28 heavy (non-hydrogen) atoms. The van der Waals surface area contributed by atoms with E-state index in [-0.39, 0.29) is 17.2 Å². The van der Waals surface area contributed by atoms with Crippen molar-refractivity contribution in [2.24, 2.45) is 0 Å². The minimum absolute atomic E-state index is 0.0229. The van der Waals surface area contributed by atoms with Crippen LogP contribution in [0.25, 0.3) is 0 Å². The van der Waals surface area contributed by atoms with E-state index in [9.17, 15) is 31.2 Å². The predicted molar refractivity (Wildman–Crippen MR) is 88.6 cm³/mol. The third kappa shape index (κ3) is 4.47. The maximum absolute atomic E-state index is 13.0. The van der Waals surface area contributed by atoms with Crippen molar-refractivity contribution in [1.29, 1.82) is 5.26 Å². The second kappa shape index (κ2) is 7.69. The Balaban J connectivity index is 2.38. The van der Waals surface area contributed by atoms with Crippen LogP contribution in [-0.2, 0) is 20.9 Å². The number of methoxy groups -OCH3 is 1. The van der Waals surface area contributed by atoms with Gasteiger partial charge in [0.15, 0.2) is 0 Å². The van der Waals surface area contributed by atoms with E-state index in [2.05, 4.69) is 4.74 Å². The SMILES string of the molecule is COC(=O)c1cccc(C(=O)NS(=O)(=O)c2ccc(C#N)c(C(F)(F)F)c2)c1. The molecule has 0 atom stereocenters. The summed E-state index contributed by atoms with van der Waals surface area (Å²) in [6.07, 6.45) is -4.96. The lowest BCUT2D eigenvalue weighted by molar-refractivity contribution is -0.137. The first-order valence-electron chi connectivity index (χ1n) is 7.36. The first-order valence-corrected chi connectivity index (χ1v) is 8.85. The second-order valence-electron chi connectivity index (χ2n) is 5.32. The van der Waals surface area contributed by atoms with Gasteiger partial charge in [0.1, 0.15) is 0 Å². The highest BCUT2D eigenvalue weighted by Gasteiger charge is 2.35. The summed E-state index contributed by atoms with van der Waals surface area (Å²) in [5, 5.41) is 8.75. The number of sulfonamides is 1. The number of carbonyl (C=O) groups excluding carboxylic acids is 2. The van der Waals surface area contributed by atoms with Crippen LogP contribution in [0.2, 0.25) is 0 Å². The van der Waals surface area contributed by atoms with Gasteiger partial charge in [0, 0.05) is 5.56 Å². The number of rotatable bonds is 4. The van der Waals surface area contributed by atoms with Gasteiger partial charge in [-0.05, 0) is 36.4 Å². The molecule has 0 aromatic heterocycles. The summed E-state index contributed by atoms with van der Waals surface area (Å²) in [5.41, 5.74) is -2.46. The number of nitrogens with one attached hydrogen (secondary N) is 1. The van der Waals surface area contributed by atoms with E-state index < -0.39 is 44.1 Å². The van der Waals surface area contributed by atoms with Crippen LogP contribution in [0.5, 0.6) is 0 Å². The fourth-order valence-corrected chi connectivity index (χ4v) is 3.17. The van der Waals surface area contributed by atoms with Crippen LogP contribution in [0.3, 0.4) is 0 Å². The predicted octanol–water partition coefficient (Wildman–Crippen LogP) is 2.48. The third-order valence-corrected chi connectivity index (χ3v) is 4.83. The molecule has 7 nitrogen and oxygen atoms in total. The smallest absolute Gasteiger partial charge is 0.417 e. The summed E-state index contributed by atoms with van der Waals surface area (Å²) in [5.74, 6) is -1.93. The maximum atomic E-state index is 13.0. The summed E-state index contributed by atoms with van der Waals surface area (Å²) in [7, 11) is -3.57. The second-order valence-corrected chi connectivity index (χ2v) is 7.01. The quantitative estimate of drug-likeness (QED) is 0.772. The van der Waals surface area contributed by atoms with Crippen molar-refractivity contribution in [2.75, 3.05) is 7.11 Å². The van der Waals surface area contributed by atoms with Gasteiger partial charge in [-0.1, -0.05) is 6.07 Å². The third-order valence-electron chi connectivity index (χ3n) is 3.50. The van der Waals surface area contributed by atoms with Crippen LogP contribution >= 0.6 is 0 Å². The molecule has 146 valence electrons.